The van der Waals surface area contributed by atoms with Crippen LogP contribution < -0.4 is 9.04 Å². The van der Waals surface area contributed by atoms with Crippen molar-refractivity contribution in [1.29, 1.82) is 0 Å². The number of hydrogen-bond donors (Lipinski definition) is 1. The van der Waals surface area contributed by atoms with Crippen molar-refractivity contribution in [1.82, 2.24) is 0 Å². The molecule has 1 N–H and O–H groups in total. The molecule has 0 bridgehead atoms. The third-order valence-electron chi connectivity index (χ3n) is 3.02. The monoisotopic (exact) mass is 339 g/mol. The lowest BCUT2D eigenvalue weighted by atomic mass is 10.3. The van der Waals surface area contributed by atoms with Crippen molar-refractivity contribution in [3.05, 3.63) is 54.3 Å². The summed E-state index contributed by atoms with van der Waals surface area (Å²) in [4.78, 5) is 10.9. The molecular formula is C15H14FNO5S. The number of carbonyl (C=O) groups is 1. The fraction of sp³-hybridized carbons (Fsp3) is 0.133. The predicted octanol–water partition coefficient (Wildman–Crippen LogP) is 2.11. The van der Waals surface area contributed by atoms with Gasteiger partial charge in [0, 0.05) is 0 Å². The van der Waals surface area contributed by atoms with Gasteiger partial charge in [-0.05, 0) is 42.5 Å². The smallest absolute Gasteiger partial charge is 0.324 e. The molecule has 0 heterocycles. The van der Waals surface area contributed by atoms with Crippen LogP contribution in [0.15, 0.2) is 53.4 Å². The highest BCUT2D eigenvalue weighted by Crippen LogP contribution is 2.25. The summed E-state index contributed by atoms with van der Waals surface area (Å²) in [6.07, 6.45) is 0. The highest BCUT2D eigenvalue weighted by molar-refractivity contribution is 7.92. The highest BCUT2D eigenvalue weighted by atomic mass is 32.2. The molecule has 0 aliphatic carbocycles. The summed E-state index contributed by atoms with van der Waals surface area (Å²) in [6.45, 7) is -0.822. The Morgan fingerprint density at radius 1 is 1.22 bits per heavy atom. The fourth-order valence-electron chi connectivity index (χ4n) is 1.94. The van der Waals surface area contributed by atoms with E-state index >= 15 is 0 Å². The Balaban J connectivity index is 2.50. The summed E-state index contributed by atoms with van der Waals surface area (Å²) < 4.78 is 44.3. The van der Waals surface area contributed by atoms with Crippen molar-refractivity contribution in [2.24, 2.45) is 0 Å². The van der Waals surface area contributed by atoms with Crippen LogP contribution in [0.2, 0.25) is 0 Å². The van der Waals surface area contributed by atoms with Gasteiger partial charge >= 0.3 is 5.97 Å². The average molecular weight is 339 g/mol. The molecule has 122 valence electrons. The molecular weight excluding hydrogens is 325 g/mol. The van der Waals surface area contributed by atoms with E-state index in [1.807, 2.05) is 0 Å². The van der Waals surface area contributed by atoms with Gasteiger partial charge in [0.15, 0.2) is 0 Å². The molecule has 0 saturated carbocycles. The lowest BCUT2D eigenvalue weighted by molar-refractivity contribution is -0.135. The summed E-state index contributed by atoms with van der Waals surface area (Å²) in [5.41, 5.74) is -0.0665. The maximum atomic E-state index is 13.4. The molecule has 0 aliphatic heterocycles. The molecule has 0 radical (unpaired) electrons. The number of anilines is 1. The van der Waals surface area contributed by atoms with Gasteiger partial charge in [0.2, 0.25) is 0 Å². The second-order valence-electron chi connectivity index (χ2n) is 4.56. The summed E-state index contributed by atoms with van der Waals surface area (Å²) in [7, 11) is -2.72. The minimum absolute atomic E-state index is 0.0665. The zero-order valence-corrected chi connectivity index (χ0v) is 13.0. The summed E-state index contributed by atoms with van der Waals surface area (Å²) in [5, 5.41) is 8.99. The Morgan fingerprint density at radius 3 is 2.39 bits per heavy atom. The van der Waals surface area contributed by atoms with Crippen LogP contribution in [0.3, 0.4) is 0 Å². The Labute approximate surface area is 132 Å². The molecule has 0 amide bonds. The number of halogens is 1. The molecule has 0 fully saturated rings. The van der Waals surface area contributed by atoms with E-state index in [0.717, 1.165) is 12.1 Å². The van der Waals surface area contributed by atoms with Gasteiger partial charge < -0.3 is 9.84 Å². The number of carboxylic acid groups (broad SMARTS) is 1. The van der Waals surface area contributed by atoms with Crippen LogP contribution in [0.1, 0.15) is 0 Å². The number of hydrogen-bond acceptors (Lipinski definition) is 4. The molecule has 6 nitrogen and oxygen atoms in total. The van der Waals surface area contributed by atoms with Crippen molar-refractivity contribution in [3.8, 4) is 5.75 Å². The first-order valence-electron chi connectivity index (χ1n) is 6.49. The van der Waals surface area contributed by atoms with Gasteiger partial charge in [0.05, 0.1) is 17.7 Å². The number of sulfonamides is 1. The molecule has 8 heteroatoms. The Morgan fingerprint density at radius 2 is 1.87 bits per heavy atom. The number of nitrogens with zero attached hydrogens (tertiary/aromatic N) is 1. The van der Waals surface area contributed by atoms with E-state index in [0.29, 0.717) is 10.1 Å². The lowest BCUT2D eigenvalue weighted by Gasteiger charge is -2.22. The van der Waals surface area contributed by atoms with Gasteiger partial charge in [0.1, 0.15) is 18.1 Å². The molecule has 0 saturated heterocycles. The van der Waals surface area contributed by atoms with E-state index < -0.39 is 28.4 Å². The second kappa shape index (κ2) is 6.66. The zero-order valence-electron chi connectivity index (χ0n) is 12.1. The number of aliphatic carboxylic acids is 1. The fourth-order valence-corrected chi connectivity index (χ4v) is 3.35. The van der Waals surface area contributed by atoms with Crippen molar-refractivity contribution in [2.75, 3.05) is 18.0 Å². The van der Waals surface area contributed by atoms with Gasteiger partial charge in [-0.3, -0.25) is 9.10 Å². The number of benzene rings is 2. The van der Waals surface area contributed by atoms with Crippen LogP contribution in [0.25, 0.3) is 0 Å². The maximum Gasteiger partial charge on any atom is 0.324 e. The standard InChI is InChI=1S/C15H14FNO5S/c1-22-13-5-7-14(8-6-13)23(20,21)17(10-15(18)19)12-4-2-3-11(16)9-12/h2-9H,10H2,1H3,(H,18,19). The first-order valence-corrected chi connectivity index (χ1v) is 7.93. The first-order chi connectivity index (χ1) is 10.8. The summed E-state index contributed by atoms with van der Waals surface area (Å²) in [5.74, 6) is -1.56. The van der Waals surface area contributed by atoms with E-state index in [1.54, 1.807) is 0 Å². The van der Waals surface area contributed by atoms with Crippen molar-refractivity contribution >= 4 is 21.7 Å². The summed E-state index contributed by atoms with van der Waals surface area (Å²) >= 11 is 0. The molecule has 0 aromatic heterocycles. The van der Waals surface area contributed by atoms with E-state index in [-0.39, 0.29) is 10.6 Å². The van der Waals surface area contributed by atoms with E-state index in [4.69, 9.17) is 9.84 Å². The zero-order chi connectivity index (χ0) is 17.0. The molecule has 2 aromatic carbocycles. The number of ether oxygens (including phenoxy) is 1. The quantitative estimate of drug-likeness (QED) is 0.871. The van der Waals surface area contributed by atoms with Crippen LogP contribution in [-0.2, 0) is 14.8 Å². The topological polar surface area (TPSA) is 83.9 Å². The number of carboxylic acids is 1. The van der Waals surface area contributed by atoms with Crippen LogP contribution in [0.5, 0.6) is 5.75 Å². The highest BCUT2D eigenvalue weighted by Gasteiger charge is 2.27. The normalized spacial score (nSPS) is 11.0. The van der Waals surface area contributed by atoms with Crippen molar-refractivity contribution in [3.63, 3.8) is 0 Å². The van der Waals surface area contributed by atoms with E-state index in [1.165, 1.54) is 43.5 Å². The Bertz CT molecular complexity index is 805. The van der Waals surface area contributed by atoms with E-state index in [2.05, 4.69) is 0 Å². The van der Waals surface area contributed by atoms with Crippen LogP contribution in [0, 0.1) is 5.82 Å². The first kappa shape index (κ1) is 16.8. The SMILES string of the molecule is COc1ccc(S(=O)(=O)N(CC(=O)O)c2cccc(F)c2)cc1. The molecule has 0 atom stereocenters. The third-order valence-corrected chi connectivity index (χ3v) is 4.81. The number of methoxy groups -OCH3 is 1. The van der Waals surface area contributed by atoms with Crippen LogP contribution in [0.4, 0.5) is 10.1 Å². The predicted molar refractivity (Wildman–Crippen MR) is 81.6 cm³/mol. The second-order valence-corrected chi connectivity index (χ2v) is 6.42. The molecule has 23 heavy (non-hydrogen) atoms. The third kappa shape index (κ3) is 3.78. The molecule has 0 aliphatic rings. The van der Waals surface area contributed by atoms with E-state index in [9.17, 15) is 17.6 Å². The van der Waals surface area contributed by atoms with Gasteiger partial charge in [-0.1, -0.05) is 6.07 Å². The molecule has 0 spiro atoms. The minimum atomic E-state index is -4.16. The molecule has 2 aromatic rings. The van der Waals surface area contributed by atoms with Crippen molar-refractivity contribution < 1.29 is 27.4 Å². The average Bonchev–Trinajstić information content (AvgIpc) is 2.52. The largest absolute Gasteiger partial charge is 0.497 e. The van der Waals surface area contributed by atoms with Gasteiger partial charge in [-0.2, -0.15) is 0 Å². The molecule has 0 unspecified atom stereocenters. The van der Waals surface area contributed by atoms with Crippen LogP contribution in [-0.4, -0.2) is 33.1 Å². The number of rotatable bonds is 6. The Kier molecular flexibility index (Phi) is 4.85. The van der Waals surface area contributed by atoms with Gasteiger partial charge in [-0.15, -0.1) is 0 Å². The van der Waals surface area contributed by atoms with Crippen molar-refractivity contribution in [2.45, 2.75) is 4.90 Å². The maximum absolute atomic E-state index is 13.4. The Hall–Kier alpha value is -2.61. The molecule has 2 rings (SSSR count). The van der Waals surface area contributed by atoms with Gasteiger partial charge in [-0.25, -0.2) is 12.8 Å². The minimum Gasteiger partial charge on any atom is -0.497 e. The van der Waals surface area contributed by atoms with Gasteiger partial charge in [0.25, 0.3) is 10.0 Å². The lowest BCUT2D eigenvalue weighted by Crippen LogP contribution is -2.35. The summed E-state index contributed by atoms with van der Waals surface area (Å²) in [6, 6.07) is 10.2. The van der Waals surface area contributed by atoms with Crippen LogP contribution >= 0.6 is 0 Å².